The van der Waals surface area contributed by atoms with Gasteiger partial charge in [-0.2, -0.15) is 5.10 Å². The first kappa shape index (κ1) is 6.04. The Hall–Kier alpha value is -0.700. The predicted molar refractivity (Wildman–Crippen MR) is 43.6 cm³/mol. The number of nitrogens with zero attached hydrogens (tertiary/aromatic N) is 1. The molecular formula is C7H8N2S. The summed E-state index contributed by atoms with van der Waals surface area (Å²) in [5.41, 5.74) is 1.16. The van der Waals surface area contributed by atoms with Crippen molar-refractivity contribution in [2.75, 3.05) is 5.75 Å². The first-order valence-electron chi connectivity index (χ1n) is 3.29. The van der Waals surface area contributed by atoms with Gasteiger partial charge in [-0.1, -0.05) is 6.08 Å². The molecule has 0 spiro atoms. The van der Waals surface area contributed by atoms with Gasteiger partial charge in [-0.3, -0.25) is 5.10 Å². The van der Waals surface area contributed by atoms with Crippen molar-refractivity contribution in [2.45, 2.75) is 6.42 Å². The lowest BCUT2D eigenvalue weighted by atomic mass is 10.3. The average molecular weight is 152 g/mol. The highest BCUT2D eigenvalue weighted by Gasteiger charge is 2.07. The van der Waals surface area contributed by atoms with Crippen LogP contribution in [0.4, 0.5) is 0 Å². The highest BCUT2D eigenvalue weighted by Crippen LogP contribution is 2.32. The maximum atomic E-state index is 3.89. The van der Waals surface area contributed by atoms with Gasteiger partial charge >= 0.3 is 0 Å². The first-order valence-corrected chi connectivity index (χ1v) is 4.28. The number of aromatic amines is 1. The van der Waals surface area contributed by atoms with Crippen LogP contribution in [0.25, 0.3) is 4.91 Å². The molecule has 2 rings (SSSR count). The topological polar surface area (TPSA) is 28.7 Å². The fourth-order valence-corrected chi connectivity index (χ4v) is 1.96. The van der Waals surface area contributed by atoms with Crippen molar-refractivity contribution in [3.63, 3.8) is 0 Å². The molecule has 0 atom stereocenters. The van der Waals surface area contributed by atoms with E-state index in [1.165, 1.54) is 17.1 Å². The number of rotatable bonds is 1. The summed E-state index contributed by atoms with van der Waals surface area (Å²) in [5.74, 6) is 1.22. The summed E-state index contributed by atoms with van der Waals surface area (Å²) in [6, 6.07) is 2.00. The Morgan fingerprint density at radius 1 is 1.60 bits per heavy atom. The monoisotopic (exact) mass is 152 g/mol. The number of nitrogens with one attached hydrogen (secondary N) is 1. The zero-order valence-corrected chi connectivity index (χ0v) is 6.32. The second-order valence-corrected chi connectivity index (χ2v) is 3.31. The Bertz CT molecular complexity index is 238. The third-order valence-corrected chi connectivity index (χ3v) is 2.61. The molecule has 1 N–H and O–H groups in total. The lowest BCUT2D eigenvalue weighted by Gasteiger charge is -1.92. The molecule has 0 radical (unpaired) electrons. The molecule has 0 saturated carbocycles. The number of aromatic nitrogens is 2. The Balaban J connectivity index is 2.28. The Labute approximate surface area is 63.7 Å². The summed E-state index contributed by atoms with van der Waals surface area (Å²) in [4.78, 5) is 1.34. The lowest BCUT2D eigenvalue weighted by molar-refractivity contribution is 1.08. The predicted octanol–water partition coefficient (Wildman–Crippen LogP) is 1.89. The van der Waals surface area contributed by atoms with Crippen molar-refractivity contribution in [1.29, 1.82) is 0 Å². The third kappa shape index (κ3) is 0.968. The molecule has 0 saturated heterocycles. The van der Waals surface area contributed by atoms with Gasteiger partial charge in [0.1, 0.15) is 0 Å². The van der Waals surface area contributed by atoms with E-state index in [0.717, 1.165) is 5.69 Å². The van der Waals surface area contributed by atoms with Gasteiger partial charge in [0.05, 0.1) is 5.69 Å². The second-order valence-electron chi connectivity index (χ2n) is 2.18. The normalized spacial score (nSPS) is 17.4. The Kier molecular flexibility index (Phi) is 1.51. The van der Waals surface area contributed by atoms with Crippen LogP contribution in [-0.2, 0) is 0 Å². The fourth-order valence-electron chi connectivity index (χ4n) is 0.999. The van der Waals surface area contributed by atoms with Gasteiger partial charge in [-0.15, -0.1) is 11.8 Å². The maximum Gasteiger partial charge on any atom is 0.0710 e. The summed E-state index contributed by atoms with van der Waals surface area (Å²) >= 11 is 1.89. The van der Waals surface area contributed by atoms with Gasteiger partial charge in [-0.25, -0.2) is 0 Å². The second kappa shape index (κ2) is 2.50. The Morgan fingerprint density at radius 3 is 3.20 bits per heavy atom. The molecule has 52 valence electrons. The zero-order chi connectivity index (χ0) is 6.81. The van der Waals surface area contributed by atoms with Crippen molar-refractivity contribution in [2.24, 2.45) is 0 Å². The van der Waals surface area contributed by atoms with E-state index in [1.807, 2.05) is 17.8 Å². The van der Waals surface area contributed by atoms with Crippen LogP contribution in [0, 0.1) is 0 Å². The molecule has 3 heteroatoms. The number of thioether (sulfide) groups is 1. The number of hydrogen-bond donors (Lipinski definition) is 1. The van der Waals surface area contributed by atoms with Crippen molar-refractivity contribution in [1.82, 2.24) is 10.2 Å². The van der Waals surface area contributed by atoms with Crippen LogP contribution >= 0.6 is 11.8 Å². The van der Waals surface area contributed by atoms with Crippen LogP contribution in [-0.4, -0.2) is 16.0 Å². The summed E-state index contributed by atoms with van der Waals surface area (Å²) in [6.07, 6.45) is 5.23. The number of hydrogen-bond acceptors (Lipinski definition) is 2. The van der Waals surface area contributed by atoms with E-state index in [9.17, 15) is 0 Å². The molecule has 1 aromatic heterocycles. The molecule has 0 aliphatic carbocycles. The maximum absolute atomic E-state index is 3.89. The lowest BCUT2D eigenvalue weighted by Crippen LogP contribution is -1.75. The highest BCUT2D eigenvalue weighted by atomic mass is 32.2. The van der Waals surface area contributed by atoms with Crippen molar-refractivity contribution >= 4 is 16.7 Å². The summed E-state index contributed by atoms with van der Waals surface area (Å²) < 4.78 is 0. The molecule has 1 aromatic rings. The number of H-pyrrole nitrogens is 1. The largest absolute Gasteiger partial charge is 0.277 e. The average Bonchev–Trinajstić information content (AvgIpc) is 2.59. The van der Waals surface area contributed by atoms with Gasteiger partial charge in [0.25, 0.3) is 0 Å². The molecule has 0 aromatic carbocycles. The molecule has 2 heterocycles. The molecule has 0 fully saturated rings. The fraction of sp³-hybridized carbons (Fsp3) is 0.286. The van der Waals surface area contributed by atoms with E-state index in [1.54, 1.807) is 6.20 Å². The molecular weight excluding hydrogens is 144 g/mol. The van der Waals surface area contributed by atoms with Crippen LogP contribution in [0.3, 0.4) is 0 Å². The molecule has 1 aliphatic rings. The van der Waals surface area contributed by atoms with E-state index in [-0.39, 0.29) is 0 Å². The van der Waals surface area contributed by atoms with E-state index < -0.39 is 0 Å². The van der Waals surface area contributed by atoms with E-state index in [0.29, 0.717) is 0 Å². The molecule has 2 nitrogen and oxygen atoms in total. The van der Waals surface area contributed by atoms with Gasteiger partial charge in [0, 0.05) is 16.9 Å². The minimum atomic E-state index is 1.16. The zero-order valence-electron chi connectivity index (χ0n) is 5.50. The highest BCUT2D eigenvalue weighted by molar-refractivity contribution is 8.08. The van der Waals surface area contributed by atoms with Gasteiger partial charge < -0.3 is 0 Å². The summed E-state index contributed by atoms with van der Waals surface area (Å²) in [7, 11) is 0. The van der Waals surface area contributed by atoms with Crippen LogP contribution in [0.5, 0.6) is 0 Å². The summed E-state index contributed by atoms with van der Waals surface area (Å²) in [6.45, 7) is 0. The van der Waals surface area contributed by atoms with Crippen LogP contribution in [0.1, 0.15) is 12.1 Å². The summed E-state index contributed by atoms with van der Waals surface area (Å²) in [5, 5.41) is 6.83. The van der Waals surface area contributed by atoms with Gasteiger partial charge in [-0.05, 0) is 12.5 Å². The van der Waals surface area contributed by atoms with Crippen molar-refractivity contribution in [3.8, 4) is 0 Å². The van der Waals surface area contributed by atoms with E-state index >= 15 is 0 Å². The van der Waals surface area contributed by atoms with Crippen LogP contribution < -0.4 is 0 Å². The molecule has 1 aliphatic heterocycles. The van der Waals surface area contributed by atoms with Crippen LogP contribution in [0.2, 0.25) is 0 Å². The minimum absolute atomic E-state index is 1.16. The smallest absolute Gasteiger partial charge is 0.0710 e. The van der Waals surface area contributed by atoms with Crippen molar-refractivity contribution in [3.05, 3.63) is 24.0 Å². The Morgan fingerprint density at radius 2 is 2.60 bits per heavy atom. The van der Waals surface area contributed by atoms with Crippen LogP contribution in [0.15, 0.2) is 18.3 Å². The molecule has 10 heavy (non-hydrogen) atoms. The van der Waals surface area contributed by atoms with E-state index in [4.69, 9.17) is 0 Å². The molecule has 0 unspecified atom stereocenters. The van der Waals surface area contributed by atoms with Crippen molar-refractivity contribution < 1.29 is 0 Å². The van der Waals surface area contributed by atoms with Gasteiger partial charge in [0.15, 0.2) is 0 Å². The minimum Gasteiger partial charge on any atom is -0.277 e. The standard InChI is InChI=1S/C7H8N2S/c1-2-7(10-5-1)6-3-4-8-9-6/h2-4H,1,5H2,(H,8,9). The third-order valence-electron chi connectivity index (χ3n) is 1.47. The SMILES string of the molecule is C1=C(c2ccn[nH]2)SCC1. The molecule has 0 bridgehead atoms. The number of allylic oxidation sites excluding steroid dienone is 1. The van der Waals surface area contributed by atoms with Gasteiger partial charge in [0.2, 0.25) is 0 Å². The van der Waals surface area contributed by atoms with E-state index in [2.05, 4.69) is 16.3 Å². The quantitative estimate of drug-likeness (QED) is 0.665. The first-order chi connectivity index (χ1) is 4.97. The molecule has 0 amide bonds.